The summed E-state index contributed by atoms with van der Waals surface area (Å²) in [6, 6.07) is 13.3. The number of hydrogen-bond acceptors (Lipinski definition) is 4. The van der Waals surface area contributed by atoms with Crippen LogP contribution in [0.1, 0.15) is 26.3 Å². The van der Waals surface area contributed by atoms with Crippen molar-refractivity contribution in [1.29, 1.82) is 0 Å². The molecule has 2 rings (SSSR count). The van der Waals surface area contributed by atoms with E-state index >= 15 is 0 Å². The molecule has 2 aromatic carbocycles. The van der Waals surface area contributed by atoms with Gasteiger partial charge in [-0.3, -0.25) is 4.79 Å². The highest BCUT2D eigenvalue weighted by molar-refractivity contribution is 7.89. The Hall–Kier alpha value is -1.93. The molecule has 1 amide bonds. The van der Waals surface area contributed by atoms with E-state index in [0.717, 1.165) is 5.56 Å². The number of sulfonamides is 1. The number of benzene rings is 2. The molecule has 27 heavy (non-hydrogen) atoms. The Morgan fingerprint density at radius 3 is 2.48 bits per heavy atom. The molecular formula is C19H23ClN2O4S. The molecular weight excluding hydrogens is 388 g/mol. The van der Waals surface area contributed by atoms with Gasteiger partial charge in [-0.1, -0.05) is 35.9 Å². The summed E-state index contributed by atoms with van der Waals surface area (Å²) in [4.78, 5) is 12.1. The molecule has 0 fully saturated rings. The first-order chi connectivity index (χ1) is 12.6. The van der Waals surface area contributed by atoms with Gasteiger partial charge in [-0.2, -0.15) is 0 Å². The van der Waals surface area contributed by atoms with E-state index in [1.165, 1.54) is 12.1 Å². The van der Waals surface area contributed by atoms with E-state index in [2.05, 4.69) is 10.0 Å². The highest BCUT2D eigenvalue weighted by Crippen LogP contribution is 2.18. The zero-order valence-electron chi connectivity index (χ0n) is 15.5. The number of halogens is 1. The SMILES string of the molecule is CC(C)(C)NS(=O)(=O)c1cccc(NC(=O)COCc2ccccc2Cl)c1. The maximum atomic E-state index is 12.4. The van der Waals surface area contributed by atoms with Gasteiger partial charge in [0.15, 0.2) is 0 Å². The Bertz CT molecular complexity index is 908. The molecule has 2 N–H and O–H groups in total. The highest BCUT2D eigenvalue weighted by atomic mass is 35.5. The van der Waals surface area contributed by atoms with E-state index in [-0.39, 0.29) is 24.0 Å². The first-order valence-corrected chi connectivity index (χ1v) is 10.2. The van der Waals surface area contributed by atoms with Crippen molar-refractivity contribution in [2.75, 3.05) is 11.9 Å². The number of ether oxygens (including phenoxy) is 1. The van der Waals surface area contributed by atoms with Crippen molar-refractivity contribution in [3.05, 3.63) is 59.1 Å². The third-order valence-electron chi connectivity index (χ3n) is 3.32. The first kappa shape index (κ1) is 21.4. The van der Waals surface area contributed by atoms with Gasteiger partial charge >= 0.3 is 0 Å². The summed E-state index contributed by atoms with van der Waals surface area (Å²) in [5.74, 6) is -0.389. The Morgan fingerprint density at radius 1 is 1.11 bits per heavy atom. The molecule has 0 unspecified atom stereocenters. The minimum absolute atomic E-state index is 0.0761. The molecule has 0 atom stereocenters. The van der Waals surface area contributed by atoms with Crippen molar-refractivity contribution in [2.45, 2.75) is 37.8 Å². The fourth-order valence-corrected chi connectivity index (χ4v) is 3.92. The Morgan fingerprint density at radius 2 is 1.81 bits per heavy atom. The second kappa shape index (κ2) is 8.84. The van der Waals surface area contributed by atoms with E-state index in [1.54, 1.807) is 39.0 Å². The quantitative estimate of drug-likeness (QED) is 0.730. The molecule has 0 aliphatic carbocycles. The zero-order valence-corrected chi connectivity index (χ0v) is 17.0. The standard InChI is InChI=1S/C19H23ClN2O4S/c1-19(2,3)22-27(24,25)16-9-6-8-15(11-16)21-18(23)13-26-12-14-7-4-5-10-17(14)20/h4-11,22H,12-13H2,1-3H3,(H,21,23). The van der Waals surface area contributed by atoms with E-state index in [1.807, 2.05) is 18.2 Å². The van der Waals surface area contributed by atoms with Crippen molar-refractivity contribution in [3.63, 3.8) is 0 Å². The highest BCUT2D eigenvalue weighted by Gasteiger charge is 2.22. The van der Waals surface area contributed by atoms with Gasteiger partial charge < -0.3 is 10.1 Å². The largest absolute Gasteiger partial charge is 0.367 e. The molecule has 0 bridgehead atoms. The first-order valence-electron chi connectivity index (χ1n) is 8.32. The molecule has 0 heterocycles. The van der Waals surface area contributed by atoms with Crippen molar-refractivity contribution >= 4 is 33.2 Å². The van der Waals surface area contributed by atoms with Crippen molar-refractivity contribution in [3.8, 4) is 0 Å². The van der Waals surface area contributed by atoms with Crippen LogP contribution in [-0.2, 0) is 26.2 Å². The minimum Gasteiger partial charge on any atom is -0.367 e. The van der Waals surface area contributed by atoms with E-state index in [4.69, 9.17) is 16.3 Å². The van der Waals surface area contributed by atoms with E-state index < -0.39 is 15.6 Å². The van der Waals surface area contributed by atoms with Gasteiger partial charge in [0.1, 0.15) is 6.61 Å². The topological polar surface area (TPSA) is 84.5 Å². The van der Waals surface area contributed by atoms with Crippen LogP contribution in [0, 0.1) is 0 Å². The predicted molar refractivity (Wildman–Crippen MR) is 106 cm³/mol. The zero-order chi connectivity index (χ0) is 20.1. The lowest BCUT2D eigenvalue weighted by Gasteiger charge is -2.20. The molecule has 0 spiro atoms. The van der Waals surface area contributed by atoms with Gasteiger partial charge in [-0.05, 0) is 50.6 Å². The van der Waals surface area contributed by atoms with Gasteiger partial charge in [-0.15, -0.1) is 0 Å². The number of hydrogen-bond donors (Lipinski definition) is 2. The average molecular weight is 411 g/mol. The molecule has 0 saturated carbocycles. The van der Waals surface area contributed by atoms with Crippen LogP contribution >= 0.6 is 11.6 Å². The smallest absolute Gasteiger partial charge is 0.250 e. The molecule has 6 nitrogen and oxygen atoms in total. The van der Waals surface area contributed by atoms with Gasteiger partial charge in [0, 0.05) is 16.2 Å². The molecule has 0 radical (unpaired) electrons. The lowest BCUT2D eigenvalue weighted by Crippen LogP contribution is -2.40. The van der Waals surface area contributed by atoms with Crippen LogP contribution in [0.2, 0.25) is 5.02 Å². The normalized spacial score (nSPS) is 12.0. The Kier molecular flexibility index (Phi) is 7.00. The third-order valence-corrected chi connectivity index (χ3v) is 5.44. The fourth-order valence-electron chi connectivity index (χ4n) is 2.27. The van der Waals surface area contributed by atoms with Gasteiger partial charge in [0.2, 0.25) is 15.9 Å². The molecule has 0 aliphatic heterocycles. The summed E-state index contributed by atoms with van der Waals surface area (Å²) >= 11 is 6.03. The van der Waals surface area contributed by atoms with Crippen molar-refractivity contribution in [2.24, 2.45) is 0 Å². The van der Waals surface area contributed by atoms with Crippen LogP contribution in [0.4, 0.5) is 5.69 Å². The molecule has 0 saturated heterocycles. The summed E-state index contributed by atoms with van der Waals surface area (Å²) < 4.78 is 32.7. The lowest BCUT2D eigenvalue weighted by atomic mass is 10.1. The summed E-state index contributed by atoms with van der Waals surface area (Å²) in [5, 5.41) is 3.20. The maximum Gasteiger partial charge on any atom is 0.250 e. The van der Waals surface area contributed by atoms with Crippen LogP contribution in [0.3, 0.4) is 0 Å². The van der Waals surface area contributed by atoms with Gasteiger partial charge in [-0.25, -0.2) is 13.1 Å². The number of amides is 1. The van der Waals surface area contributed by atoms with Crippen LogP contribution < -0.4 is 10.0 Å². The Labute approximate surface area is 164 Å². The van der Waals surface area contributed by atoms with Crippen LogP contribution in [0.25, 0.3) is 0 Å². The number of nitrogens with one attached hydrogen (secondary N) is 2. The molecule has 8 heteroatoms. The summed E-state index contributed by atoms with van der Waals surface area (Å²) in [6.07, 6.45) is 0. The lowest BCUT2D eigenvalue weighted by molar-refractivity contribution is -0.121. The van der Waals surface area contributed by atoms with Crippen molar-refractivity contribution < 1.29 is 17.9 Å². The predicted octanol–water partition coefficient (Wildman–Crippen LogP) is 3.57. The Balaban J connectivity index is 1.95. The van der Waals surface area contributed by atoms with E-state index in [0.29, 0.717) is 10.7 Å². The molecule has 0 aliphatic rings. The van der Waals surface area contributed by atoms with Crippen LogP contribution in [0.15, 0.2) is 53.4 Å². The van der Waals surface area contributed by atoms with Crippen molar-refractivity contribution in [1.82, 2.24) is 4.72 Å². The third kappa shape index (κ3) is 6.95. The van der Waals surface area contributed by atoms with E-state index in [9.17, 15) is 13.2 Å². The minimum atomic E-state index is -3.68. The average Bonchev–Trinajstić information content (AvgIpc) is 2.55. The summed E-state index contributed by atoms with van der Waals surface area (Å²) in [6.45, 7) is 5.30. The summed E-state index contributed by atoms with van der Waals surface area (Å²) in [7, 11) is -3.68. The van der Waals surface area contributed by atoms with Crippen LogP contribution in [0.5, 0.6) is 0 Å². The second-order valence-electron chi connectivity index (χ2n) is 7.02. The van der Waals surface area contributed by atoms with Crippen LogP contribution in [-0.4, -0.2) is 26.5 Å². The maximum absolute atomic E-state index is 12.4. The number of rotatable bonds is 7. The number of carbonyl (C=O) groups is 1. The summed E-state index contributed by atoms with van der Waals surface area (Å²) in [5.41, 5.74) is 0.552. The number of anilines is 1. The molecule has 2 aromatic rings. The second-order valence-corrected chi connectivity index (χ2v) is 9.11. The fraction of sp³-hybridized carbons (Fsp3) is 0.316. The number of carbonyl (C=O) groups excluding carboxylic acids is 1. The molecule has 0 aromatic heterocycles. The monoisotopic (exact) mass is 410 g/mol. The molecule has 146 valence electrons. The van der Waals surface area contributed by atoms with Gasteiger partial charge in [0.05, 0.1) is 11.5 Å². The van der Waals surface area contributed by atoms with Gasteiger partial charge in [0.25, 0.3) is 0 Å².